The van der Waals surface area contributed by atoms with Crippen LogP contribution in [-0.4, -0.2) is 38.1 Å². The minimum absolute atomic E-state index is 0.0203. The zero-order valence-corrected chi connectivity index (χ0v) is 14.1. The molecule has 1 amide bonds. The van der Waals surface area contributed by atoms with Gasteiger partial charge < -0.3 is 10.1 Å². The summed E-state index contributed by atoms with van der Waals surface area (Å²) in [6.45, 7) is 1.50. The van der Waals surface area contributed by atoms with Gasteiger partial charge in [0.15, 0.2) is 0 Å². The number of amides is 1. The molecule has 5 heteroatoms. The molecule has 24 heavy (non-hydrogen) atoms. The predicted octanol–water partition coefficient (Wildman–Crippen LogP) is 2.63. The molecule has 0 spiro atoms. The fourth-order valence-electron chi connectivity index (χ4n) is 2.40. The van der Waals surface area contributed by atoms with Gasteiger partial charge in [-0.1, -0.05) is 24.3 Å². The van der Waals surface area contributed by atoms with Crippen LogP contribution in [-0.2, 0) is 17.8 Å². The van der Waals surface area contributed by atoms with E-state index >= 15 is 0 Å². The molecule has 0 saturated carbocycles. The van der Waals surface area contributed by atoms with Crippen molar-refractivity contribution in [2.75, 3.05) is 27.2 Å². The van der Waals surface area contributed by atoms with E-state index in [9.17, 15) is 9.18 Å². The van der Waals surface area contributed by atoms with Gasteiger partial charge in [0.2, 0.25) is 5.91 Å². The number of nitrogens with zero attached hydrogens (tertiary/aromatic N) is 1. The average Bonchev–Trinajstić information content (AvgIpc) is 2.57. The molecule has 0 aromatic heterocycles. The van der Waals surface area contributed by atoms with E-state index in [4.69, 9.17) is 4.74 Å². The lowest BCUT2D eigenvalue weighted by Gasteiger charge is -2.16. The number of rotatable bonds is 8. The van der Waals surface area contributed by atoms with Crippen molar-refractivity contribution in [3.8, 4) is 5.75 Å². The van der Waals surface area contributed by atoms with Crippen molar-refractivity contribution in [1.29, 1.82) is 0 Å². The highest BCUT2D eigenvalue weighted by atomic mass is 19.1. The van der Waals surface area contributed by atoms with Gasteiger partial charge in [0.1, 0.15) is 11.6 Å². The molecule has 2 rings (SSSR count). The van der Waals surface area contributed by atoms with E-state index in [1.165, 1.54) is 12.1 Å². The van der Waals surface area contributed by atoms with Gasteiger partial charge in [-0.15, -0.1) is 0 Å². The molecule has 0 aliphatic carbocycles. The zero-order valence-electron chi connectivity index (χ0n) is 14.1. The van der Waals surface area contributed by atoms with Gasteiger partial charge in [-0.3, -0.25) is 9.69 Å². The molecule has 0 radical (unpaired) electrons. The van der Waals surface area contributed by atoms with Crippen molar-refractivity contribution in [2.24, 2.45) is 0 Å². The highest BCUT2D eigenvalue weighted by molar-refractivity contribution is 5.77. The number of methoxy groups -OCH3 is 1. The summed E-state index contributed by atoms with van der Waals surface area (Å²) in [6.07, 6.45) is 0.775. The van der Waals surface area contributed by atoms with Gasteiger partial charge in [-0.05, 0) is 48.9 Å². The highest BCUT2D eigenvalue weighted by Gasteiger charge is 2.07. The summed E-state index contributed by atoms with van der Waals surface area (Å²) in [7, 11) is 3.50. The topological polar surface area (TPSA) is 41.6 Å². The van der Waals surface area contributed by atoms with E-state index in [1.54, 1.807) is 19.2 Å². The molecule has 0 unspecified atom stereocenters. The Kier molecular flexibility index (Phi) is 6.75. The zero-order chi connectivity index (χ0) is 17.4. The number of hydrogen-bond acceptors (Lipinski definition) is 3. The second-order valence-corrected chi connectivity index (χ2v) is 5.75. The van der Waals surface area contributed by atoms with Crippen LogP contribution in [0.2, 0.25) is 0 Å². The van der Waals surface area contributed by atoms with Crippen molar-refractivity contribution in [3.63, 3.8) is 0 Å². The van der Waals surface area contributed by atoms with Crippen molar-refractivity contribution in [3.05, 3.63) is 65.5 Å². The van der Waals surface area contributed by atoms with Gasteiger partial charge in [0, 0.05) is 13.1 Å². The molecule has 0 bridgehead atoms. The van der Waals surface area contributed by atoms with Crippen molar-refractivity contribution >= 4 is 5.91 Å². The molecule has 0 saturated heterocycles. The molecule has 2 aromatic rings. The molecular weight excluding hydrogens is 307 g/mol. The quantitative estimate of drug-likeness (QED) is 0.809. The summed E-state index contributed by atoms with van der Waals surface area (Å²) < 4.78 is 18.0. The normalized spacial score (nSPS) is 10.7. The van der Waals surface area contributed by atoms with E-state index in [1.807, 2.05) is 36.2 Å². The van der Waals surface area contributed by atoms with Gasteiger partial charge in [0.05, 0.1) is 13.7 Å². The number of benzene rings is 2. The number of hydrogen-bond donors (Lipinski definition) is 1. The predicted molar refractivity (Wildman–Crippen MR) is 92.4 cm³/mol. The van der Waals surface area contributed by atoms with E-state index < -0.39 is 0 Å². The molecule has 0 aliphatic heterocycles. The molecule has 0 heterocycles. The lowest BCUT2D eigenvalue weighted by molar-refractivity contribution is -0.122. The molecule has 2 aromatic carbocycles. The van der Waals surface area contributed by atoms with Gasteiger partial charge >= 0.3 is 0 Å². The first kappa shape index (κ1) is 17.9. The second-order valence-electron chi connectivity index (χ2n) is 5.75. The van der Waals surface area contributed by atoms with Crippen molar-refractivity contribution in [1.82, 2.24) is 10.2 Å². The molecule has 128 valence electrons. The van der Waals surface area contributed by atoms with Crippen LogP contribution < -0.4 is 10.1 Å². The minimum atomic E-state index is -0.252. The Labute approximate surface area is 142 Å². The molecule has 0 atom stereocenters. The maximum atomic E-state index is 12.9. The van der Waals surface area contributed by atoms with Crippen LogP contribution in [0.15, 0.2) is 48.5 Å². The smallest absolute Gasteiger partial charge is 0.234 e. The summed E-state index contributed by atoms with van der Waals surface area (Å²) in [4.78, 5) is 13.9. The van der Waals surface area contributed by atoms with Crippen LogP contribution in [0.1, 0.15) is 11.1 Å². The van der Waals surface area contributed by atoms with E-state index in [0.29, 0.717) is 19.6 Å². The average molecular weight is 330 g/mol. The van der Waals surface area contributed by atoms with Crippen molar-refractivity contribution < 1.29 is 13.9 Å². The first-order valence-corrected chi connectivity index (χ1v) is 7.89. The van der Waals surface area contributed by atoms with Crippen LogP contribution in [0.5, 0.6) is 5.75 Å². The molecular formula is C19H23FN2O2. The van der Waals surface area contributed by atoms with Crippen LogP contribution >= 0.6 is 0 Å². The Hall–Kier alpha value is -2.40. The van der Waals surface area contributed by atoms with Crippen LogP contribution in [0, 0.1) is 5.82 Å². The van der Waals surface area contributed by atoms with E-state index in [0.717, 1.165) is 23.3 Å². The monoisotopic (exact) mass is 330 g/mol. The fourth-order valence-corrected chi connectivity index (χ4v) is 2.40. The number of halogens is 1. The maximum absolute atomic E-state index is 12.9. The van der Waals surface area contributed by atoms with Gasteiger partial charge in [-0.2, -0.15) is 0 Å². The third kappa shape index (κ3) is 6.01. The van der Waals surface area contributed by atoms with Gasteiger partial charge in [0.25, 0.3) is 0 Å². The van der Waals surface area contributed by atoms with E-state index in [-0.39, 0.29) is 11.7 Å². The second kappa shape index (κ2) is 9.03. The first-order valence-electron chi connectivity index (χ1n) is 7.89. The number of carbonyl (C=O) groups is 1. The standard InChI is InChI=1S/C19H23FN2O2/c1-22(13-16-3-7-17(20)8-4-16)14-19(23)21-12-11-15-5-9-18(24-2)10-6-15/h3-10H,11-14H2,1-2H3,(H,21,23). The van der Waals surface area contributed by atoms with Crippen molar-refractivity contribution in [2.45, 2.75) is 13.0 Å². The molecule has 4 nitrogen and oxygen atoms in total. The van der Waals surface area contributed by atoms with E-state index in [2.05, 4.69) is 5.32 Å². The SMILES string of the molecule is COc1ccc(CCNC(=O)CN(C)Cc2ccc(F)cc2)cc1. The Bertz CT molecular complexity index is 641. The number of nitrogens with one attached hydrogen (secondary N) is 1. The van der Waals surface area contributed by atoms with Crippen LogP contribution in [0.4, 0.5) is 4.39 Å². The number of ether oxygens (including phenoxy) is 1. The molecule has 1 N–H and O–H groups in total. The first-order chi connectivity index (χ1) is 11.6. The summed E-state index contributed by atoms with van der Waals surface area (Å²) in [5.41, 5.74) is 2.13. The number of carbonyl (C=O) groups excluding carboxylic acids is 1. The minimum Gasteiger partial charge on any atom is -0.497 e. The summed E-state index contributed by atoms with van der Waals surface area (Å²) >= 11 is 0. The lowest BCUT2D eigenvalue weighted by Crippen LogP contribution is -2.35. The van der Waals surface area contributed by atoms with Crippen LogP contribution in [0.25, 0.3) is 0 Å². The maximum Gasteiger partial charge on any atom is 0.234 e. The highest BCUT2D eigenvalue weighted by Crippen LogP contribution is 2.11. The fraction of sp³-hybridized carbons (Fsp3) is 0.316. The molecule has 0 aliphatic rings. The lowest BCUT2D eigenvalue weighted by atomic mass is 10.1. The Morgan fingerprint density at radius 2 is 1.71 bits per heavy atom. The Morgan fingerprint density at radius 1 is 1.08 bits per heavy atom. The number of likely N-dealkylation sites (N-methyl/N-ethyl adjacent to an activating group) is 1. The Morgan fingerprint density at radius 3 is 2.33 bits per heavy atom. The largest absolute Gasteiger partial charge is 0.497 e. The van der Waals surface area contributed by atoms with Crippen LogP contribution in [0.3, 0.4) is 0 Å². The summed E-state index contributed by atoms with van der Waals surface area (Å²) in [5.74, 6) is 0.552. The Balaban J connectivity index is 1.69. The summed E-state index contributed by atoms with van der Waals surface area (Å²) in [5, 5.41) is 2.91. The third-order valence-electron chi connectivity index (χ3n) is 3.67. The summed E-state index contributed by atoms with van der Waals surface area (Å²) in [6, 6.07) is 14.1. The molecule has 0 fully saturated rings. The third-order valence-corrected chi connectivity index (χ3v) is 3.67. The van der Waals surface area contributed by atoms with Gasteiger partial charge in [-0.25, -0.2) is 4.39 Å².